The molecular weight excluding hydrogens is 351 g/mol. The van der Waals surface area contributed by atoms with E-state index in [2.05, 4.69) is 17.4 Å². The lowest BCUT2D eigenvalue weighted by Crippen LogP contribution is -2.06. The molecule has 0 aliphatic rings. The standard InChI is InChI=1S/C23H17FN4/c24-19-11-9-16(10-12-19)13-25-22-20-7-3-4-8-21(20)26-23(27-22)28-14-17-5-1-2-6-18(17)15-28/h1-12,14-15H,13H2,(H,25,26,27). The number of halogens is 1. The molecule has 5 rings (SSSR count). The summed E-state index contributed by atoms with van der Waals surface area (Å²) in [5.74, 6) is 1.12. The predicted octanol–water partition coefficient (Wildman–Crippen LogP) is 5.32. The van der Waals surface area contributed by atoms with Crippen LogP contribution >= 0.6 is 0 Å². The maximum absolute atomic E-state index is 13.1. The zero-order chi connectivity index (χ0) is 18.9. The van der Waals surface area contributed by atoms with Gasteiger partial charge in [0.15, 0.2) is 0 Å². The summed E-state index contributed by atoms with van der Waals surface area (Å²) in [6, 6.07) is 22.6. The van der Waals surface area contributed by atoms with E-state index in [0.717, 1.165) is 33.1 Å². The highest BCUT2D eigenvalue weighted by Gasteiger charge is 2.10. The van der Waals surface area contributed by atoms with Gasteiger partial charge in [0.2, 0.25) is 5.95 Å². The summed E-state index contributed by atoms with van der Waals surface area (Å²) in [7, 11) is 0. The summed E-state index contributed by atoms with van der Waals surface area (Å²) in [5.41, 5.74) is 1.85. The van der Waals surface area contributed by atoms with Crippen molar-refractivity contribution in [3.8, 4) is 5.95 Å². The highest BCUT2D eigenvalue weighted by Crippen LogP contribution is 2.24. The molecule has 0 saturated carbocycles. The van der Waals surface area contributed by atoms with Crippen molar-refractivity contribution >= 4 is 27.5 Å². The van der Waals surface area contributed by atoms with Crippen molar-refractivity contribution in [2.24, 2.45) is 0 Å². The number of anilines is 1. The number of hydrogen-bond acceptors (Lipinski definition) is 3. The van der Waals surface area contributed by atoms with Gasteiger partial charge in [0.05, 0.1) is 5.52 Å². The topological polar surface area (TPSA) is 42.7 Å². The molecule has 0 fully saturated rings. The SMILES string of the molecule is Fc1ccc(CNc2nc(-n3cc4ccccc4c3)nc3ccccc23)cc1. The molecule has 0 aliphatic carbocycles. The van der Waals surface area contributed by atoms with E-state index >= 15 is 0 Å². The number of para-hydroxylation sites is 1. The van der Waals surface area contributed by atoms with E-state index in [1.807, 2.05) is 53.4 Å². The monoisotopic (exact) mass is 368 g/mol. The fourth-order valence-corrected chi connectivity index (χ4v) is 3.30. The van der Waals surface area contributed by atoms with Crippen LogP contribution in [0.4, 0.5) is 10.2 Å². The molecule has 2 aromatic heterocycles. The Balaban J connectivity index is 1.56. The first kappa shape index (κ1) is 16.4. The second-order valence-corrected chi connectivity index (χ2v) is 6.66. The molecule has 4 nitrogen and oxygen atoms in total. The molecule has 0 unspecified atom stereocenters. The largest absolute Gasteiger partial charge is 0.365 e. The summed E-state index contributed by atoms with van der Waals surface area (Å²) < 4.78 is 15.1. The lowest BCUT2D eigenvalue weighted by molar-refractivity contribution is 0.627. The third-order valence-corrected chi connectivity index (χ3v) is 4.75. The van der Waals surface area contributed by atoms with Crippen LogP contribution in [0.1, 0.15) is 5.56 Å². The predicted molar refractivity (Wildman–Crippen MR) is 110 cm³/mol. The van der Waals surface area contributed by atoms with Gasteiger partial charge >= 0.3 is 0 Å². The summed E-state index contributed by atoms with van der Waals surface area (Å²) in [4.78, 5) is 9.50. The second-order valence-electron chi connectivity index (χ2n) is 6.66. The van der Waals surface area contributed by atoms with Crippen LogP contribution in [0.25, 0.3) is 27.6 Å². The van der Waals surface area contributed by atoms with Gasteiger partial charge in [-0.3, -0.25) is 4.57 Å². The maximum Gasteiger partial charge on any atom is 0.236 e. The van der Waals surface area contributed by atoms with Crippen molar-refractivity contribution in [2.45, 2.75) is 6.54 Å². The Morgan fingerprint density at radius 3 is 2.21 bits per heavy atom. The molecular formula is C23H17FN4. The van der Waals surface area contributed by atoms with Gasteiger partial charge in [-0.2, -0.15) is 4.98 Å². The van der Waals surface area contributed by atoms with Crippen LogP contribution < -0.4 is 5.32 Å². The minimum absolute atomic E-state index is 0.238. The lowest BCUT2D eigenvalue weighted by atomic mass is 10.2. The fraction of sp³-hybridized carbons (Fsp3) is 0.0435. The minimum atomic E-state index is -0.238. The number of aromatic nitrogens is 3. The molecule has 5 aromatic rings. The molecule has 0 atom stereocenters. The van der Waals surface area contributed by atoms with E-state index in [1.54, 1.807) is 12.1 Å². The van der Waals surface area contributed by atoms with Crippen molar-refractivity contribution in [3.05, 3.63) is 96.6 Å². The minimum Gasteiger partial charge on any atom is -0.365 e. The molecule has 5 heteroatoms. The lowest BCUT2D eigenvalue weighted by Gasteiger charge is -2.11. The van der Waals surface area contributed by atoms with Crippen molar-refractivity contribution in [1.29, 1.82) is 0 Å². The smallest absolute Gasteiger partial charge is 0.236 e. The van der Waals surface area contributed by atoms with Crippen LogP contribution in [-0.4, -0.2) is 14.5 Å². The molecule has 2 heterocycles. The number of benzene rings is 3. The molecule has 0 spiro atoms. The number of hydrogen-bond donors (Lipinski definition) is 1. The van der Waals surface area contributed by atoms with E-state index in [9.17, 15) is 4.39 Å². The Kier molecular flexibility index (Phi) is 3.98. The van der Waals surface area contributed by atoms with Gasteiger partial charge in [0.25, 0.3) is 0 Å². The fourth-order valence-electron chi connectivity index (χ4n) is 3.30. The third-order valence-electron chi connectivity index (χ3n) is 4.75. The van der Waals surface area contributed by atoms with E-state index in [0.29, 0.717) is 12.5 Å². The molecule has 0 radical (unpaired) electrons. The molecule has 0 aliphatic heterocycles. The van der Waals surface area contributed by atoms with Crippen LogP contribution in [0.5, 0.6) is 0 Å². The molecule has 0 saturated heterocycles. The first-order valence-electron chi connectivity index (χ1n) is 9.08. The second kappa shape index (κ2) is 6.78. The molecule has 0 amide bonds. The molecule has 1 N–H and O–H groups in total. The van der Waals surface area contributed by atoms with Crippen LogP contribution in [0.15, 0.2) is 85.2 Å². The molecule has 28 heavy (non-hydrogen) atoms. The number of nitrogens with one attached hydrogen (secondary N) is 1. The Morgan fingerprint density at radius 2 is 1.46 bits per heavy atom. The van der Waals surface area contributed by atoms with Crippen molar-refractivity contribution in [1.82, 2.24) is 14.5 Å². The van der Waals surface area contributed by atoms with E-state index in [1.165, 1.54) is 12.1 Å². The molecule has 3 aromatic carbocycles. The van der Waals surface area contributed by atoms with Gasteiger partial charge in [0.1, 0.15) is 11.6 Å². The number of nitrogens with zero attached hydrogens (tertiary/aromatic N) is 3. The first-order valence-corrected chi connectivity index (χ1v) is 9.08. The third kappa shape index (κ3) is 3.07. The van der Waals surface area contributed by atoms with Crippen molar-refractivity contribution in [3.63, 3.8) is 0 Å². The normalized spacial score (nSPS) is 11.2. The maximum atomic E-state index is 13.1. The van der Waals surface area contributed by atoms with Crippen molar-refractivity contribution in [2.75, 3.05) is 5.32 Å². The van der Waals surface area contributed by atoms with Crippen LogP contribution in [0.3, 0.4) is 0 Å². The summed E-state index contributed by atoms with van der Waals surface area (Å²) in [6.45, 7) is 0.550. The van der Waals surface area contributed by atoms with E-state index in [-0.39, 0.29) is 5.82 Å². The molecule has 136 valence electrons. The summed E-state index contributed by atoms with van der Waals surface area (Å²) >= 11 is 0. The summed E-state index contributed by atoms with van der Waals surface area (Å²) in [5, 5.41) is 6.61. The van der Waals surface area contributed by atoms with Crippen molar-refractivity contribution < 1.29 is 4.39 Å². The van der Waals surface area contributed by atoms with Gasteiger partial charge in [0, 0.05) is 24.3 Å². The van der Waals surface area contributed by atoms with Gasteiger partial charge in [-0.1, -0.05) is 48.5 Å². The average molecular weight is 368 g/mol. The van der Waals surface area contributed by atoms with Crippen LogP contribution in [0, 0.1) is 5.82 Å². The zero-order valence-electron chi connectivity index (χ0n) is 15.0. The molecule has 0 bridgehead atoms. The van der Waals surface area contributed by atoms with Gasteiger partial charge < -0.3 is 5.32 Å². The highest BCUT2D eigenvalue weighted by atomic mass is 19.1. The Morgan fingerprint density at radius 1 is 0.786 bits per heavy atom. The van der Waals surface area contributed by atoms with E-state index in [4.69, 9.17) is 9.97 Å². The van der Waals surface area contributed by atoms with Gasteiger partial charge in [-0.15, -0.1) is 0 Å². The van der Waals surface area contributed by atoms with E-state index < -0.39 is 0 Å². The van der Waals surface area contributed by atoms with Crippen LogP contribution in [-0.2, 0) is 6.54 Å². The Hall–Kier alpha value is -3.73. The number of fused-ring (bicyclic) bond motifs is 2. The quantitative estimate of drug-likeness (QED) is 0.466. The van der Waals surface area contributed by atoms with Crippen LogP contribution in [0.2, 0.25) is 0 Å². The first-order chi connectivity index (χ1) is 13.8. The Labute approximate surface area is 161 Å². The highest BCUT2D eigenvalue weighted by molar-refractivity contribution is 5.90. The van der Waals surface area contributed by atoms with Gasteiger partial charge in [-0.05, 0) is 40.6 Å². The Bertz CT molecular complexity index is 1240. The number of rotatable bonds is 4. The summed E-state index contributed by atoms with van der Waals surface area (Å²) in [6.07, 6.45) is 4.06. The average Bonchev–Trinajstić information content (AvgIpc) is 3.17. The van der Waals surface area contributed by atoms with Gasteiger partial charge in [-0.25, -0.2) is 9.37 Å². The zero-order valence-corrected chi connectivity index (χ0v) is 15.0.